The van der Waals surface area contributed by atoms with Crippen molar-refractivity contribution in [1.82, 2.24) is 10.5 Å². The van der Waals surface area contributed by atoms with E-state index in [4.69, 9.17) is 18.7 Å². The molecule has 0 spiro atoms. The Morgan fingerprint density at radius 1 is 1.19 bits per heavy atom. The molecule has 1 aromatic heterocycles. The smallest absolute Gasteiger partial charge is 0.407 e. The van der Waals surface area contributed by atoms with Gasteiger partial charge in [0.1, 0.15) is 12.2 Å². The number of amides is 1. The molecule has 8 nitrogen and oxygen atoms in total. The SMILES string of the molecule is COC(=O)c1c(OCCNC(=O)OC(C)(C)C)noc1-c1ccccc1. The highest BCUT2D eigenvalue weighted by Gasteiger charge is 2.26. The van der Waals surface area contributed by atoms with Crippen molar-refractivity contribution < 1.29 is 28.3 Å². The fourth-order valence-electron chi connectivity index (χ4n) is 2.06. The summed E-state index contributed by atoms with van der Waals surface area (Å²) in [6, 6.07) is 9.02. The predicted molar refractivity (Wildman–Crippen MR) is 93.0 cm³/mol. The van der Waals surface area contributed by atoms with Crippen LogP contribution in [-0.4, -0.2) is 43.1 Å². The van der Waals surface area contributed by atoms with Crippen LogP contribution < -0.4 is 10.1 Å². The van der Waals surface area contributed by atoms with Crippen LogP contribution in [-0.2, 0) is 9.47 Å². The quantitative estimate of drug-likeness (QED) is 0.623. The molecule has 0 aliphatic heterocycles. The zero-order valence-electron chi connectivity index (χ0n) is 15.2. The first-order valence-corrected chi connectivity index (χ1v) is 8.05. The lowest BCUT2D eigenvalue weighted by molar-refractivity contribution is 0.0515. The van der Waals surface area contributed by atoms with Gasteiger partial charge in [0, 0.05) is 5.56 Å². The normalized spacial score (nSPS) is 10.9. The molecule has 140 valence electrons. The summed E-state index contributed by atoms with van der Waals surface area (Å²) in [5, 5.41) is 6.35. The molecule has 0 aliphatic rings. The molecule has 1 amide bonds. The van der Waals surface area contributed by atoms with Gasteiger partial charge in [0.25, 0.3) is 5.88 Å². The van der Waals surface area contributed by atoms with Gasteiger partial charge in [-0.1, -0.05) is 30.3 Å². The van der Waals surface area contributed by atoms with E-state index in [0.717, 1.165) is 0 Å². The standard InChI is InChI=1S/C18H22N2O6/c1-18(2,3)25-17(22)19-10-11-24-15-13(16(21)23-4)14(26-20-15)12-8-6-5-7-9-12/h5-9H,10-11H2,1-4H3,(H,19,22). The minimum atomic E-state index is -0.625. The number of benzene rings is 1. The summed E-state index contributed by atoms with van der Waals surface area (Å²) in [6.45, 7) is 5.55. The Hall–Kier alpha value is -3.03. The number of ether oxygens (including phenoxy) is 3. The summed E-state index contributed by atoms with van der Waals surface area (Å²) >= 11 is 0. The number of nitrogens with one attached hydrogen (secondary N) is 1. The number of alkyl carbamates (subject to hydrolysis) is 1. The molecule has 0 unspecified atom stereocenters. The zero-order chi connectivity index (χ0) is 19.2. The van der Waals surface area contributed by atoms with Gasteiger partial charge < -0.3 is 24.1 Å². The van der Waals surface area contributed by atoms with Crippen molar-refractivity contribution in [2.24, 2.45) is 0 Å². The summed E-state index contributed by atoms with van der Waals surface area (Å²) in [6.07, 6.45) is -0.556. The van der Waals surface area contributed by atoms with E-state index in [2.05, 4.69) is 10.5 Å². The van der Waals surface area contributed by atoms with Gasteiger partial charge in [0.05, 0.1) is 13.7 Å². The Labute approximate surface area is 151 Å². The summed E-state index contributed by atoms with van der Waals surface area (Å²) in [5.74, 6) is -0.366. The third kappa shape index (κ3) is 5.23. The van der Waals surface area contributed by atoms with Crippen LogP contribution in [0.2, 0.25) is 0 Å². The lowest BCUT2D eigenvalue weighted by atomic mass is 10.1. The summed E-state index contributed by atoms with van der Waals surface area (Å²) in [5.41, 5.74) is 0.178. The van der Waals surface area contributed by atoms with E-state index in [1.165, 1.54) is 7.11 Å². The first kappa shape index (κ1) is 19.3. The van der Waals surface area contributed by atoms with Gasteiger partial charge in [-0.15, -0.1) is 0 Å². The van der Waals surface area contributed by atoms with Crippen molar-refractivity contribution in [2.45, 2.75) is 26.4 Å². The molecule has 0 radical (unpaired) electrons. The lowest BCUT2D eigenvalue weighted by Crippen LogP contribution is -2.34. The van der Waals surface area contributed by atoms with E-state index in [9.17, 15) is 9.59 Å². The highest BCUT2D eigenvalue weighted by Crippen LogP contribution is 2.31. The molecule has 0 saturated heterocycles. The number of carbonyl (C=O) groups excluding carboxylic acids is 2. The second-order valence-electron chi connectivity index (χ2n) is 6.33. The Bertz CT molecular complexity index is 749. The third-order valence-electron chi connectivity index (χ3n) is 3.10. The van der Waals surface area contributed by atoms with Crippen LogP contribution in [0.4, 0.5) is 4.79 Å². The second-order valence-corrected chi connectivity index (χ2v) is 6.33. The van der Waals surface area contributed by atoms with Crippen LogP contribution in [0, 0.1) is 0 Å². The Balaban J connectivity index is 2.02. The minimum Gasteiger partial charge on any atom is -0.473 e. The van der Waals surface area contributed by atoms with E-state index in [0.29, 0.717) is 5.56 Å². The molecule has 0 bridgehead atoms. The summed E-state index contributed by atoms with van der Waals surface area (Å²) in [4.78, 5) is 23.7. The van der Waals surface area contributed by atoms with Gasteiger partial charge in [0.2, 0.25) is 0 Å². The van der Waals surface area contributed by atoms with E-state index in [1.54, 1.807) is 32.9 Å². The molecule has 0 saturated carbocycles. The van der Waals surface area contributed by atoms with Gasteiger partial charge in [0.15, 0.2) is 11.3 Å². The van der Waals surface area contributed by atoms with Crippen LogP contribution >= 0.6 is 0 Å². The molecule has 1 aromatic carbocycles. The molecule has 1 heterocycles. The van der Waals surface area contributed by atoms with E-state index in [-0.39, 0.29) is 30.4 Å². The van der Waals surface area contributed by atoms with Crippen molar-refractivity contribution in [3.8, 4) is 17.2 Å². The number of aromatic nitrogens is 1. The molecule has 2 aromatic rings. The molecule has 0 aliphatic carbocycles. The molecular weight excluding hydrogens is 340 g/mol. The molecule has 26 heavy (non-hydrogen) atoms. The average molecular weight is 362 g/mol. The van der Waals surface area contributed by atoms with Gasteiger partial charge >= 0.3 is 12.1 Å². The number of nitrogens with zero attached hydrogens (tertiary/aromatic N) is 1. The zero-order valence-corrected chi connectivity index (χ0v) is 15.2. The highest BCUT2D eigenvalue weighted by atomic mass is 16.6. The number of esters is 1. The molecule has 0 fully saturated rings. The number of hydrogen-bond donors (Lipinski definition) is 1. The second kappa shape index (κ2) is 8.37. The maximum absolute atomic E-state index is 12.1. The third-order valence-corrected chi connectivity index (χ3v) is 3.10. The lowest BCUT2D eigenvalue weighted by Gasteiger charge is -2.19. The molecule has 0 atom stereocenters. The van der Waals surface area contributed by atoms with Gasteiger partial charge in [-0.25, -0.2) is 9.59 Å². The predicted octanol–water partition coefficient (Wildman–Crippen LogP) is 3.03. The molecule has 2 rings (SSSR count). The van der Waals surface area contributed by atoms with Crippen LogP contribution in [0.15, 0.2) is 34.9 Å². The van der Waals surface area contributed by atoms with E-state index in [1.807, 2.05) is 18.2 Å². The number of rotatable bonds is 6. The first-order chi connectivity index (χ1) is 12.3. The maximum Gasteiger partial charge on any atom is 0.407 e. The Morgan fingerprint density at radius 2 is 1.88 bits per heavy atom. The Kier molecular flexibility index (Phi) is 6.21. The molecule has 8 heteroatoms. The topological polar surface area (TPSA) is 99.9 Å². The fraction of sp³-hybridized carbons (Fsp3) is 0.389. The summed E-state index contributed by atoms with van der Waals surface area (Å²) in [7, 11) is 1.26. The van der Waals surface area contributed by atoms with Gasteiger partial charge in [-0.3, -0.25) is 0 Å². The minimum absolute atomic E-state index is 0.00157. The van der Waals surface area contributed by atoms with Crippen LogP contribution in [0.25, 0.3) is 11.3 Å². The average Bonchev–Trinajstić information content (AvgIpc) is 3.01. The van der Waals surface area contributed by atoms with E-state index < -0.39 is 17.7 Å². The number of carbonyl (C=O) groups is 2. The van der Waals surface area contributed by atoms with Crippen molar-refractivity contribution in [1.29, 1.82) is 0 Å². The first-order valence-electron chi connectivity index (χ1n) is 8.05. The summed E-state index contributed by atoms with van der Waals surface area (Å²) < 4.78 is 20.6. The van der Waals surface area contributed by atoms with Crippen molar-refractivity contribution in [3.63, 3.8) is 0 Å². The largest absolute Gasteiger partial charge is 0.473 e. The number of methoxy groups -OCH3 is 1. The van der Waals surface area contributed by atoms with Gasteiger partial charge in [-0.2, -0.15) is 0 Å². The van der Waals surface area contributed by atoms with Crippen molar-refractivity contribution in [2.75, 3.05) is 20.3 Å². The highest BCUT2D eigenvalue weighted by molar-refractivity contribution is 5.98. The van der Waals surface area contributed by atoms with Crippen molar-refractivity contribution in [3.05, 3.63) is 35.9 Å². The van der Waals surface area contributed by atoms with E-state index >= 15 is 0 Å². The van der Waals surface area contributed by atoms with Crippen LogP contribution in [0.3, 0.4) is 0 Å². The van der Waals surface area contributed by atoms with Crippen LogP contribution in [0.1, 0.15) is 31.1 Å². The molecule has 1 N–H and O–H groups in total. The maximum atomic E-state index is 12.1. The fourth-order valence-corrected chi connectivity index (χ4v) is 2.06. The van der Waals surface area contributed by atoms with Crippen LogP contribution in [0.5, 0.6) is 5.88 Å². The van der Waals surface area contributed by atoms with Gasteiger partial charge in [-0.05, 0) is 25.9 Å². The molecular formula is C18H22N2O6. The Morgan fingerprint density at radius 3 is 2.50 bits per heavy atom. The number of hydrogen-bond acceptors (Lipinski definition) is 7. The van der Waals surface area contributed by atoms with Crippen molar-refractivity contribution >= 4 is 12.1 Å². The monoisotopic (exact) mass is 362 g/mol.